The standard InChI is InChI=1S/C5H12O3S.H2O/c1-3-4-5(2)9(6,7)8;/h5H,3-4H2,1-2H3,(H,6,7,8);1H2. The van der Waals surface area contributed by atoms with Crippen molar-refractivity contribution in [3.8, 4) is 0 Å². The minimum absolute atomic E-state index is 0. The molecule has 0 aliphatic carbocycles. The van der Waals surface area contributed by atoms with E-state index in [9.17, 15) is 8.42 Å². The fraction of sp³-hybridized carbons (Fsp3) is 1.00. The molecule has 64 valence electrons. The monoisotopic (exact) mass is 170 g/mol. The fourth-order valence-corrected chi connectivity index (χ4v) is 1.09. The van der Waals surface area contributed by atoms with E-state index in [0.717, 1.165) is 6.42 Å². The van der Waals surface area contributed by atoms with Gasteiger partial charge in [0.2, 0.25) is 0 Å². The van der Waals surface area contributed by atoms with Gasteiger partial charge >= 0.3 is 0 Å². The molecule has 5 heteroatoms. The van der Waals surface area contributed by atoms with Gasteiger partial charge in [-0.3, -0.25) is 4.55 Å². The Morgan fingerprint density at radius 1 is 1.50 bits per heavy atom. The Bertz CT molecular complexity index is 160. The van der Waals surface area contributed by atoms with Crippen LogP contribution in [0.5, 0.6) is 0 Å². The molecule has 0 spiro atoms. The second kappa shape index (κ2) is 4.65. The summed E-state index contributed by atoms with van der Waals surface area (Å²) in [4.78, 5) is 0. The van der Waals surface area contributed by atoms with Crippen molar-refractivity contribution in [2.24, 2.45) is 0 Å². The third kappa shape index (κ3) is 4.72. The number of rotatable bonds is 3. The molecule has 0 aromatic heterocycles. The SMILES string of the molecule is CCCC(C)S(=O)(=O)O.O. The molecule has 0 aliphatic heterocycles. The fourth-order valence-electron chi connectivity index (χ4n) is 0.555. The first-order valence-electron chi connectivity index (χ1n) is 2.94. The summed E-state index contributed by atoms with van der Waals surface area (Å²) in [5.41, 5.74) is 0. The van der Waals surface area contributed by atoms with Gasteiger partial charge in [0.05, 0.1) is 5.25 Å². The molecular formula is C5H14O4S. The first kappa shape index (κ1) is 12.5. The summed E-state index contributed by atoms with van der Waals surface area (Å²) in [6.07, 6.45) is 1.31. The van der Waals surface area contributed by atoms with Gasteiger partial charge < -0.3 is 5.48 Å². The lowest BCUT2D eigenvalue weighted by molar-refractivity contribution is 0.465. The Kier molecular flexibility index (Phi) is 5.83. The van der Waals surface area contributed by atoms with E-state index in [2.05, 4.69) is 0 Å². The Hall–Kier alpha value is -0.130. The van der Waals surface area contributed by atoms with E-state index < -0.39 is 15.4 Å². The van der Waals surface area contributed by atoms with Gasteiger partial charge in [-0.15, -0.1) is 0 Å². The molecule has 0 saturated heterocycles. The highest BCUT2D eigenvalue weighted by molar-refractivity contribution is 7.86. The van der Waals surface area contributed by atoms with Gasteiger partial charge in [0.15, 0.2) is 0 Å². The molecule has 0 rings (SSSR count). The lowest BCUT2D eigenvalue weighted by atomic mass is 10.3. The van der Waals surface area contributed by atoms with Crippen molar-refractivity contribution in [2.75, 3.05) is 0 Å². The third-order valence-corrected chi connectivity index (χ3v) is 2.46. The van der Waals surface area contributed by atoms with Gasteiger partial charge in [0.25, 0.3) is 10.1 Å². The summed E-state index contributed by atoms with van der Waals surface area (Å²) in [5, 5.41) is -0.609. The molecule has 1 unspecified atom stereocenters. The molecule has 0 aromatic rings. The predicted octanol–water partition coefficient (Wildman–Crippen LogP) is 0.238. The second-order valence-corrected chi connectivity index (χ2v) is 3.95. The van der Waals surface area contributed by atoms with Crippen LogP contribution in [0.4, 0.5) is 0 Å². The topological polar surface area (TPSA) is 85.9 Å². The van der Waals surface area contributed by atoms with E-state index >= 15 is 0 Å². The summed E-state index contributed by atoms with van der Waals surface area (Å²) >= 11 is 0. The van der Waals surface area contributed by atoms with Crippen LogP contribution in [0.25, 0.3) is 0 Å². The van der Waals surface area contributed by atoms with Crippen molar-refractivity contribution in [3.05, 3.63) is 0 Å². The van der Waals surface area contributed by atoms with E-state index in [1.165, 1.54) is 6.92 Å². The molecule has 0 heterocycles. The maximum absolute atomic E-state index is 10.3. The van der Waals surface area contributed by atoms with Crippen LogP contribution in [0, 0.1) is 0 Å². The molecule has 3 N–H and O–H groups in total. The maximum atomic E-state index is 10.3. The molecular weight excluding hydrogens is 156 g/mol. The summed E-state index contributed by atoms with van der Waals surface area (Å²) in [7, 11) is -3.76. The molecule has 10 heavy (non-hydrogen) atoms. The van der Waals surface area contributed by atoms with Crippen LogP contribution in [-0.2, 0) is 10.1 Å². The quantitative estimate of drug-likeness (QED) is 0.615. The van der Waals surface area contributed by atoms with Gasteiger partial charge in [-0.05, 0) is 13.3 Å². The maximum Gasteiger partial charge on any atom is 0.267 e. The molecule has 0 amide bonds. The van der Waals surface area contributed by atoms with Crippen molar-refractivity contribution >= 4 is 10.1 Å². The molecule has 0 saturated carbocycles. The molecule has 1 atom stereocenters. The van der Waals surface area contributed by atoms with Gasteiger partial charge in [0, 0.05) is 0 Å². The first-order chi connectivity index (χ1) is 3.98. The lowest BCUT2D eigenvalue weighted by Gasteiger charge is -2.03. The van der Waals surface area contributed by atoms with Gasteiger partial charge in [-0.2, -0.15) is 8.42 Å². The number of hydrogen-bond acceptors (Lipinski definition) is 2. The highest BCUT2D eigenvalue weighted by atomic mass is 32.2. The molecule has 0 radical (unpaired) electrons. The molecule has 0 fully saturated rings. The third-order valence-electron chi connectivity index (χ3n) is 1.20. The number of hydrogen-bond donors (Lipinski definition) is 1. The zero-order chi connectivity index (χ0) is 7.49. The molecule has 0 aromatic carbocycles. The van der Waals surface area contributed by atoms with Crippen LogP contribution in [0.15, 0.2) is 0 Å². The van der Waals surface area contributed by atoms with Crippen molar-refractivity contribution in [1.82, 2.24) is 0 Å². The minimum Gasteiger partial charge on any atom is -0.412 e. The predicted molar refractivity (Wildman–Crippen MR) is 39.5 cm³/mol. The summed E-state index contributed by atoms with van der Waals surface area (Å²) in [6, 6.07) is 0. The van der Waals surface area contributed by atoms with E-state index in [0.29, 0.717) is 6.42 Å². The Balaban J connectivity index is 0. The largest absolute Gasteiger partial charge is 0.412 e. The van der Waals surface area contributed by atoms with Gasteiger partial charge in [-0.1, -0.05) is 13.3 Å². The summed E-state index contributed by atoms with van der Waals surface area (Å²) in [5.74, 6) is 0. The van der Waals surface area contributed by atoms with Gasteiger partial charge in [0.1, 0.15) is 0 Å². The average Bonchev–Trinajstić information content (AvgIpc) is 1.64. The van der Waals surface area contributed by atoms with Crippen molar-refractivity contribution in [3.63, 3.8) is 0 Å². The molecule has 0 bridgehead atoms. The van der Waals surface area contributed by atoms with Crippen molar-refractivity contribution < 1.29 is 18.4 Å². The van der Waals surface area contributed by atoms with E-state index in [1.807, 2.05) is 6.92 Å². The summed E-state index contributed by atoms with van der Waals surface area (Å²) < 4.78 is 28.9. The van der Waals surface area contributed by atoms with E-state index in [-0.39, 0.29) is 5.48 Å². The highest BCUT2D eigenvalue weighted by Crippen LogP contribution is 2.04. The van der Waals surface area contributed by atoms with Crippen LogP contribution < -0.4 is 0 Å². The Morgan fingerprint density at radius 2 is 1.90 bits per heavy atom. The van der Waals surface area contributed by atoms with Crippen molar-refractivity contribution in [1.29, 1.82) is 0 Å². The van der Waals surface area contributed by atoms with Crippen molar-refractivity contribution in [2.45, 2.75) is 31.9 Å². The Morgan fingerprint density at radius 3 is 2.00 bits per heavy atom. The normalized spacial score (nSPS) is 13.9. The smallest absolute Gasteiger partial charge is 0.267 e. The summed E-state index contributed by atoms with van der Waals surface area (Å²) in [6.45, 7) is 3.38. The van der Waals surface area contributed by atoms with E-state index in [1.54, 1.807) is 0 Å². The second-order valence-electron chi connectivity index (χ2n) is 2.11. The van der Waals surface area contributed by atoms with Gasteiger partial charge in [-0.25, -0.2) is 0 Å². The average molecular weight is 170 g/mol. The van der Waals surface area contributed by atoms with Crippen LogP contribution in [-0.4, -0.2) is 23.7 Å². The van der Waals surface area contributed by atoms with Crippen LogP contribution >= 0.6 is 0 Å². The highest BCUT2D eigenvalue weighted by Gasteiger charge is 2.14. The Labute approximate surface area is 61.3 Å². The molecule has 0 aliphatic rings. The first-order valence-corrected chi connectivity index (χ1v) is 4.45. The zero-order valence-electron chi connectivity index (χ0n) is 6.16. The van der Waals surface area contributed by atoms with Crippen LogP contribution in [0.3, 0.4) is 0 Å². The zero-order valence-corrected chi connectivity index (χ0v) is 6.98. The molecule has 4 nitrogen and oxygen atoms in total. The van der Waals surface area contributed by atoms with Crippen LogP contribution in [0.2, 0.25) is 0 Å². The van der Waals surface area contributed by atoms with Crippen LogP contribution in [0.1, 0.15) is 26.7 Å². The minimum atomic E-state index is -3.76. The van der Waals surface area contributed by atoms with E-state index in [4.69, 9.17) is 4.55 Å². The lowest BCUT2D eigenvalue weighted by Crippen LogP contribution is -2.15.